The number of rotatable bonds is 3. The summed E-state index contributed by atoms with van der Waals surface area (Å²) in [7, 11) is 0. The molecule has 7 heteroatoms. The predicted octanol–water partition coefficient (Wildman–Crippen LogP) is 1.55. The smallest absolute Gasteiger partial charge is 0.269 e. The minimum absolute atomic E-state index is 0.0350. The maximum atomic E-state index is 11.7. The van der Waals surface area contributed by atoms with E-state index in [2.05, 4.69) is 10.9 Å². The second-order valence-electron chi connectivity index (χ2n) is 4.73. The van der Waals surface area contributed by atoms with Gasteiger partial charge in [-0.25, -0.2) is 0 Å². The van der Waals surface area contributed by atoms with Gasteiger partial charge in [0.15, 0.2) is 0 Å². The van der Waals surface area contributed by atoms with Gasteiger partial charge in [0, 0.05) is 23.6 Å². The monoisotopic (exact) mass is 277 g/mol. The van der Waals surface area contributed by atoms with E-state index in [1.807, 2.05) is 0 Å². The van der Waals surface area contributed by atoms with Crippen molar-refractivity contribution in [2.24, 2.45) is 5.92 Å². The summed E-state index contributed by atoms with van der Waals surface area (Å²) in [6.07, 6.45) is 3.77. The van der Waals surface area contributed by atoms with Gasteiger partial charge >= 0.3 is 0 Å². The number of nitro benzene ring substituents is 1. The number of carbonyl (C=O) groups is 2. The summed E-state index contributed by atoms with van der Waals surface area (Å²) in [5.74, 6) is -0.712. The summed E-state index contributed by atoms with van der Waals surface area (Å²) in [4.78, 5) is 33.4. The first-order valence-electron chi connectivity index (χ1n) is 6.42. The van der Waals surface area contributed by atoms with E-state index in [1.54, 1.807) is 0 Å². The number of hydrogen-bond acceptors (Lipinski definition) is 4. The van der Waals surface area contributed by atoms with Crippen LogP contribution >= 0.6 is 0 Å². The van der Waals surface area contributed by atoms with E-state index in [4.69, 9.17) is 0 Å². The van der Waals surface area contributed by atoms with Crippen LogP contribution < -0.4 is 10.9 Å². The largest absolute Gasteiger partial charge is 0.273 e. The van der Waals surface area contributed by atoms with Gasteiger partial charge in [-0.05, 0) is 25.0 Å². The summed E-state index contributed by atoms with van der Waals surface area (Å²) < 4.78 is 0. The Bertz CT molecular complexity index is 521. The Morgan fingerprint density at radius 2 is 1.70 bits per heavy atom. The molecule has 0 bridgehead atoms. The predicted molar refractivity (Wildman–Crippen MR) is 70.7 cm³/mol. The summed E-state index contributed by atoms with van der Waals surface area (Å²) in [5.41, 5.74) is 4.87. The van der Waals surface area contributed by atoms with Gasteiger partial charge in [0.1, 0.15) is 0 Å². The average Bonchev–Trinajstić information content (AvgIpc) is 2.98. The average molecular weight is 277 g/mol. The van der Waals surface area contributed by atoms with Gasteiger partial charge in [-0.3, -0.25) is 30.6 Å². The molecule has 7 nitrogen and oxygen atoms in total. The van der Waals surface area contributed by atoms with Crippen molar-refractivity contribution >= 4 is 17.5 Å². The number of hydrazine groups is 1. The number of nitrogens with one attached hydrogen (secondary N) is 2. The molecule has 1 aliphatic rings. The van der Waals surface area contributed by atoms with E-state index in [9.17, 15) is 19.7 Å². The molecule has 2 N–H and O–H groups in total. The Balaban J connectivity index is 1.88. The fraction of sp³-hybridized carbons (Fsp3) is 0.385. The Morgan fingerprint density at radius 3 is 2.25 bits per heavy atom. The highest BCUT2D eigenvalue weighted by Gasteiger charge is 2.22. The lowest BCUT2D eigenvalue weighted by Crippen LogP contribution is -2.44. The summed E-state index contributed by atoms with van der Waals surface area (Å²) in [6.45, 7) is 0. The van der Waals surface area contributed by atoms with Crippen LogP contribution in [0.15, 0.2) is 24.3 Å². The van der Waals surface area contributed by atoms with Gasteiger partial charge in [-0.1, -0.05) is 12.8 Å². The molecule has 0 saturated heterocycles. The molecule has 1 aromatic carbocycles. The zero-order valence-corrected chi connectivity index (χ0v) is 10.8. The first-order chi connectivity index (χ1) is 9.58. The summed E-state index contributed by atoms with van der Waals surface area (Å²) >= 11 is 0. The molecule has 0 aliphatic heterocycles. The minimum Gasteiger partial charge on any atom is -0.273 e. The van der Waals surface area contributed by atoms with Crippen molar-refractivity contribution in [3.63, 3.8) is 0 Å². The highest BCUT2D eigenvalue weighted by molar-refractivity contribution is 5.95. The van der Waals surface area contributed by atoms with Crippen molar-refractivity contribution in [1.82, 2.24) is 10.9 Å². The fourth-order valence-corrected chi connectivity index (χ4v) is 2.22. The third kappa shape index (κ3) is 3.31. The molecule has 1 fully saturated rings. The SMILES string of the molecule is O=C(NNC(=O)C1CCCC1)c1ccc([N+](=O)[O-])cc1. The molecular formula is C13H15N3O4. The number of benzene rings is 1. The quantitative estimate of drug-likeness (QED) is 0.646. The molecule has 0 unspecified atom stereocenters. The van der Waals surface area contributed by atoms with Crippen molar-refractivity contribution in [2.45, 2.75) is 25.7 Å². The standard InChI is InChI=1S/C13H15N3O4/c17-12(9-3-1-2-4-9)14-15-13(18)10-5-7-11(8-6-10)16(19)20/h5-9H,1-4H2,(H,14,17)(H,15,18). The molecule has 1 aromatic rings. The zero-order valence-electron chi connectivity index (χ0n) is 10.8. The molecule has 0 heterocycles. The van der Waals surface area contributed by atoms with E-state index in [0.29, 0.717) is 0 Å². The van der Waals surface area contributed by atoms with Crippen LogP contribution in [-0.2, 0) is 4.79 Å². The first kappa shape index (κ1) is 14.0. The number of nitro groups is 1. The van der Waals surface area contributed by atoms with E-state index >= 15 is 0 Å². The zero-order chi connectivity index (χ0) is 14.5. The third-order valence-corrected chi connectivity index (χ3v) is 3.37. The van der Waals surface area contributed by atoms with E-state index in [1.165, 1.54) is 24.3 Å². The first-order valence-corrected chi connectivity index (χ1v) is 6.42. The van der Waals surface area contributed by atoms with Gasteiger partial charge < -0.3 is 0 Å². The van der Waals surface area contributed by atoms with Crippen LogP contribution in [-0.4, -0.2) is 16.7 Å². The Labute approximate surface area is 115 Å². The molecule has 20 heavy (non-hydrogen) atoms. The highest BCUT2D eigenvalue weighted by Crippen LogP contribution is 2.24. The van der Waals surface area contributed by atoms with Gasteiger partial charge in [-0.2, -0.15) is 0 Å². The summed E-state index contributed by atoms with van der Waals surface area (Å²) in [6, 6.07) is 5.17. The van der Waals surface area contributed by atoms with Gasteiger partial charge in [-0.15, -0.1) is 0 Å². The van der Waals surface area contributed by atoms with Crippen molar-refractivity contribution in [3.05, 3.63) is 39.9 Å². The lowest BCUT2D eigenvalue weighted by Gasteiger charge is -2.11. The molecule has 0 aromatic heterocycles. The van der Waals surface area contributed by atoms with E-state index < -0.39 is 10.8 Å². The minimum atomic E-state index is -0.538. The lowest BCUT2D eigenvalue weighted by atomic mass is 10.1. The molecule has 0 radical (unpaired) electrons. The third-order valence-electron chi connectivity index (χ3n) is 3.37. The molecule has 1 aliphatic carbocycles. The highest BCUT2D eigenvalue weighted by atomic mass is 16.6. The van der Waals surface area contributed by atoms with Crippen molar-refractivity contribution in [2.75, 3.05) is 0 Å². The van der Waals surface area contributed by atoms with Crippen molar-refractivity contribution in [3.8, 4) is 0 Å². The van der Waals surface area contributed by atoms with Crippen molar-refractivity contribution in [1.29, 1.82) is 0 Å². The van der Waals surface area contributed by atoms with Crippen LogP contribution in [0.2, 0.25) is 0 Å². The normalized spacial score (nSPS) is 14.8. The van der Waals surface area contributed by atoms with E-state index in [-0.39, 0.29) is 23.1 Å². The summed E-state index contributed by atoms with van der Waals surface area (Å²) in [5, 5.41) is 10.5. The molecule has 0 spiro atoms. The van der Waals surface area contributed by atoms with Gasteiger partial charge in [0.05, 0.1) is 4.92 Å². The molecule has 1 saturated carbocycles. The topological polar surface area (TPSA) is 101 Å². The van der Waals surface area contributed by atoms with Crippen LogP contribution in [0, 0.1) is 16.0 Å². The Kier molecular flexibility index (Phi) is 4.29. The van der Waals surface area contributed by atoms with Crippen LogP contribution in [0.3, 0.4) is 0 Å². The van der Waals surface area contributed by atoms with Crippen LogP contribution in [0.1, 0.15) is 36.0 Å². The van der Waals surface area contributed by atoms with Gasteiger partial charge in [0.25, 0.3) is 11.6 Å². The molecular weight excluding hydrogens is 262 g/mol. The van der Waals surface area contributed by atoms with Crippen LogP contribution in [0.5, 0.6) is 0 Å². The van der Waals surface area contributed by atoms with Crippen LogP contribution in [0.25, 0.3) is 0 Å². The number of non-ortho nitro benzene ring substituents is 1. The molecule has 106 valence electrons. The number of hydrogen-bond donors (Lipinski definition) is 2. The number of amides is 2. The Morgan fingerprint density at radius 1 is 1.10 bits per heavy atom. The van der Waals surface area contributed by atoms with Gasteiger partial charge in [0.2, 0.25) is 5.91 Å². The number of carbonyl (C=O) groups excluding carboxylic acids is 2. The molecule has 0 atom stereocenters. The second kappa shape index (κ2) is 6.14. The maximum absolute atomic E-state index is 11.7. The Hall–Kier alpha value is -2.44. The molecule has 2 rings (SSSR count). The van der Waals surface area contributed by atoms with Crippen molar-refractivity contribution < 1.29 is 14.5 Å². The fourth-order valence-electron chi connectivity index (χ4n) is 2.22. The lowest BCUT2D eigenvalue weighted by molar-refractivity contribution is -0.384. The number of nitrogens with zero attached hydrogens (tertiary/aromatic N) is 1. The second-order valence-corrected chi connectivity index (χ2v) is 4.73. The van der Waals surface area contributed by atoms with E-state index in [0.717, 1.165) is 25.7 Å². The molecule has 2 amide bonds. The maximum Gasteiger partial charge on any atom is 0.269 e. The van der Waals surface area contributed by atoms with Crippen LogP contribution in [0.4, 0.5) is 5.69 Å².